The molecule has 0 heterocycles. The molecule has 0 unspecified atom stereocenters. The number of hydrogen-bond acceptors (Lipinski definition) is 2. The summed E-state index contributed by atoms with van der Waals surface area (Å²) in [4.78, 5) is 0. The van der Waals surface area contributed by atoms with Crippen LogP contribution in [0, 0.1) is 5.41 Å². The molecule has 0 amide bonds. The van der Waals surface area contributed by atoms with Crippen LogP contribution in [0.3, 0.4) is 0 Å². The van der Waals surface area contributed by atoms with Gasteiger partial charge in [0.25, 0.3) is 0 Å². The predicted molar refractivity (Wildman–Crippen MR) is 65.9 cm³/mol. The zero-order valence-corrected chi connectivity index (χ0v) is 9.42. The van der Waals surface area contributed by atoms with Gasteiger partial charge in [-0.2, -0.15) is 0 Å². The van der Waals surface area contributed by atoms with E-state index in [0.717, 1.165) is 17.9 Å². The van der Waals surface area contributed by atoms with Crippen LogP contribution in [0.25, 0.3) is 0 Å². The lowest BCUT2D eigenvalue weighted by atomic mass is 9.67. The van der Waals surface area contributed by atoms with Gasteiger partial charge in [0, 0.05) is 17.9 Å². The maximum absolute atomic E-state index is 5.74. The highest BCUT2D eigenvalue weighted by Gasteiger charge is 2.34. The summed E-state index contributed by atoms with van der Waals surface area (Å²) >= 11 is 0. The largest absolute Gasteiger partial charge is 0.399 e. The molecule has 1 aromatic rings. The van der Waals surface area contributed by atoms with E-state index in [1.807, 2.05) is 18.2 Å². The van der Waals surface area contributed by atoms with Crippen LogP contribution in [0.5, 0.6) is 0 Å². The molecule has 0 spiro atoms. The van der Waals surface area contributed by atoms with Gasteiger partial charge in [0.15, 0.2) is 0 Å². The van der Waals surface area contributed by atoms with Crippen LogP contribution in [-0.4, -0.2) is 6.54 Å². The van der Waals surface area contributed by atoms with E-state index in [1.54, 1.807) is 0 Å². The van der Waals surface area contributed by atoms with Gasteiger partial charge in [-0.25, -0.2) is 0 Å². The Hall–Kier alpha value is -1.18. The van der Waals surface area contributed by atoms with Crippen molar-refractivity contribution in [1.82, 2.24) is 0 Å². The second-order valence-electron chi connectivity index (χ2n) is 4.69. The normalized spacial score (nSPS) is 18.2. The molecule has 0 atom stereocenters. The van der Waals surface area contributed by atoms with Crippen LogP contribution in [0.2, 0.25) is 0 Å². The third-order valence-corrected chi connectivity index (χ3v) is 3.72. The fraction of sp³-hybridized carbons (Fsp3) is 0.538. The Kier molecular flexibility index (Phi) is 2.85. The predicted octanol–water partition coefficient (Wildman–Crippen LogP) is 3.26. The number of nitrogen functional groups attached to an aromatic ring is 1. The van der Waals surface area contributed by atoms with Crippen LogP contribution in [0.1, 0.15) is 32.6 Å². The van der Waals surface area contributed by atoms with Crippen molar-refractivity contribution in [3.8, 4) is 0 Å². The van der Waals surface area contributed by atoms with Crippen LogP contribution in [0.15, 0.2) is 24.3 Å². The summed E-state index contributed by atoms with van der Waals surface area (Å²) in [6, 6.07) is 8.00. The average molecular weight is 204 g/mol. The van der Waals surface area contributed by atoms with Crippen LogP contribution in [0.4, 0.5) is 11.4 Å². The summed E-state index contributed by atoms with van der Waals surface area (Å²) in [5.74, 6) is 0. The van der Waals surface area contributed by atoms with Crippen molar-refractivity contribution in [3.63, 3.8) is 0 Å². The molecule has 1 aliphatic rings. The summed E-state index contributed by atoms with van der Waals surface area (Å²) in [5.41, 5.74) is 8.28. The zero-order valence-electron chi connectivity index (χ0n) is 9.42. The Bertz CT molecular complexity index is 324. The smallest absolute Gasteiger partial charge is 0.0360 e. The Balaban J connectivity index is 1.92. The van der Waals surface area contributed by atoms with Crippen molar-refractivity contribution in [3.05, 3.63) is 24.3 Å². The maximum atomic E-state index is 5.74. The maximum Gasteiger partial charge on any atom is 0.0360 e. The first-order valence-corrected chi connectivity index (χ1v) is 5.83. The quantitative estimate of drug-likeness (QED) is 0.739. The molecule has 0 radical (unpaired) electrons. The van der Waals surface area contributed by atoms with Crippen molar-refractivity contribution in [2.75, 3.05) is 17.6 Å². The zero-order chi connectivity index (χ0) is 10.7. The van der Waals surface area contributed by atoms with E-state index in [4.69, 9.17) is 5.73 Å². The van der Waals surface area contributed by atoms with Gasteiger partial charge >= 0.3 is 0 Å². The van der Waals surface area contributed by atoms with Crippen molar-refractivity contribution in [2.24, 2.45) is 5.41 Å². The minimum absolute atomic E-state index is 0.560. The number of benzene rings is 1. The molecule has 2 nitrogen and oxygen atoms in total. The van der Waals surface area contributed by atoms with Gasteiger partial charge in [0.05, 0.1) is 0 Å². The first kappa shape index (κ1) is 10.3. The lowest BCUT2D eigenvalue weighted by Gasteiger charge is -2.41. The van der Waals surface area contributed by atoms with E-state index in [-0.39, 0.29) is 0 Å². The number of rotatable bonds is 4. The highest BCUT2D eigenvalue weighted by molar-refractivity contribution is 5.54. The second kappa shape index (κ2) is 4.13. The SMILES string of the molecule is CCC1(CNc2cccc(N)c2)CCC1. The van der Waals surface area contributed by atoms with Crippen molar-refractivity contribution in [2.45, 2.75) is 32.6 Å². The Labute approximate surface area is 91.9 Å². The fourth-order valence-corrected chi connectivity index (χ4v) is 2.27. The van der Waals surface area contributed by atoms with Crippen LogP contribution in [-0.2, 0) is 0 Å². The third-order valence-electron chi connectivity index (χ3n) is 3.72. The third kappa shape index (κ3) is 2.25. The summed E-state index contributed by atoms with van der Waals surface area (Å²) in [6.45, 7) is 3.38. The molecular weight excluding hydrogens is 184 g/mol. The molecule has 1 aliphatic carbocycles. The van der Waals surface area contributed by atoms with Crippen LogP contribution >= 0.6 is 0 Å². The first-order chi connectivity index (χ1) is 7.24. The Morgan fingerprint density at radius 3 is 2.73 bits per heavy atom. The lowest BCUT2D eigenvalue weighted by molar-refractivity contribution is 0.145. The molecule has 82 valence electrons. The fourth-order valence-electron chi connectivity index (χ4n) is 2.27. The molecule has 0 aromatic heterocycles. The van der Waals surface area contributed by atoms with Gasteiger partial charge in [-0.1, -0.05) is 19.4 Å². The van der Waals surface area contributed by atoms with Crippen molar-refractivity contribution >= 4 is 11.4 Å². The summed E-state index contributed by atoms with van der Waals surface area (Å²) in [6.07, 6.45) is 5.42. The molecule has 1 aromatic carbocycles. The highest BCUT2D eigenvalue weighted by atomic mass is 14.9. The minimum atomic E-state index is 0.560. The van der Waals surface area contributed by atoms with Gasteiger partial charge in [-0.15, -0.1) is 0 Å². The first-order valence-electron chi connectivity index (χ1n) is 5.83. The summed E-state index contributed by atoms with van der Waals surface area (Å²) < 4.78 is 0. The van der Waals surface area contributed by atoms with E-state index < -0.39 is 0 Å². The van der Waals surface area contributed by atoms with Gasteiger partial charge < -0.3 is 11.1 Å². The molecule has 2 rings (SSSR count). The van der Waals surface area contributed by atoms with Crippen molar-refractivity contribution in [1.29, 1.82) is 0 Å². The molecule has 0 aliphatic heterocycles. The molecule has 15 heavy (non-hydrogen) atoms. The Morgan fingerprint density at radius 2 is 2.20 bits per heavy atom. The lowest BCUT2D eigenvalue weighted by Crippen LogP contribution is -2.35. The van der Waals surface area contributed by atoms with Gasteiger partial charge in [0.2, 0.25) is 0 Å². The number of nitrogens with two attached hydrogens (primary N) is 1. The molecule has 0 saturated heterocycles. The van der Waals surface area contributed by atoms with E-state index in [1.165, 1.54) is 25.7 Å². The summed E-state index contributed by atoms with van der Waals surface area (Å²) in [5, 5.41) is 3.50. The number of hydrogen-bond donors (Lipinski definition) is 2. The van der Waals surface area contributed by atoms with Gasteiger partial charge in [-0.3, -0.25) is 0 Å². The molecule has 0 bridgehead atoms. The molecular formula is C13H20N2. The van der Waals surface area contributed by atoms with E-state index >= 15 is 0 Å². The average Bonchev–Trinajstić information content (AvgIpc) is 2.17. The van der Waals surface area contributed by atoms with Crippen molar-refractivity contribution < 1.29 is 0 Å². The second-order valence-corrected chi connectivity index (χ2v) is 4.69. The van der Waals surface area contributed by atoms with Gasteiger partial charge in [0.1, 0.15) is 0 Å². The molecule has 3 N–H and O–H groups in total. The minimum Gasteiger partial charge on any atom is -0.399 e. The Morgan fingerprint density at radius 1 is 1.40 bits per heavy atom. The number of anilines is 2. The van der Waals surface area contributed by atoms with Gasteiger partial charge in [-0.05, 0) is 42.9 Å². The van der Waals surface area contributed by atoms with E-state index in [2.05, 4.69) is 18.3 Å². The highest BCUT2D eigenvalue weighted by Crippen LogP contribution is 2.43. The standard InChI is InChI=1S/C13H20N2/c1-2-13(7-4-8-13)10-15-12-6-3-5-11(14)9-12/h3,5-6,9,15H,2,4,7-8,10,14H2,1H3. The van der Waals surface area contributed by atoms with E-state index in [0.29, 0.717) is 5.41 Å². The van der Waals surface area contributed by atoms with Crippen LogP contribution < -0.4 is 11.1 Å². The summed E-state index contributed by atoms with van der Waals surface area (Å²) in [7, 11) is 0. The van der Waals surface area contributed by atoms with E-state index in [9.17, 15) is 0 Å². The molecule has 2 heteroatoms. The number of nitrogens with one attached hydrogen (secondary N) is 1. The molecule has 1 saturated carbocycles. The molecule has 1 fully saturated rings. The topological polar surface area (TPSA) is 38.0 Å². The monoisotopic (exact) mass is 204 g/mol.